The van der Waals surface area contributed by atoms with Gasteiger partial charge >= 0.3 is 0 Å². The van der Waals surface area contributed by atoms with Gasteiger partial charge in [0, 0.05) is 40.8 Å². The molecule has 0 unspecified atom stereocenters. The van der Waals surface area contributed by atoms with E-state index in [0.717, 1.165) is 52.9 Å². The Bertz CT molecular complexity index is 1820. The van der Waals surface area contributed by atoms with Gasteiger partial charge in [0.2, 0.25) is 11.8 Å². The number of aromatic nitrogens is 2. The summed E-state index contributed by atoms with van der Waals surface area (Å²) in [7, 11) is 0. The first kappa shape index (κ1) is 37.0. The summed E-state index contributed by atoms with van der Waals surface area (Å²) in [6.45, 7) is 14.4. The van der Waals surface area contributed by atoms with Crippen molar-refractivity contribution in [3.05, 3.63) is 108 Å². The molecular formula is C45H52N2O2. The molecular weight excluding hydrogens is 601 g/mol. The normalized spacial score (nSPS) is 12.6. The van der Waals surface area contributed by atoms with Crippen LogP contribution in [0.2, 0.25) is 0 Å². The zero-order valence-corrected chi connectivity index (χ0v) is 30.5. The zero-order chi connectivity index (χ0) is 35.1. The number of rotatable bonds is 7. The van der Waals surface area contributed by atoms with Crippen molar-refractivity contribution in [2.24, 2.45) is 0 Å². The molecule has 1 aliphatic rings. The Morgan fingerprint density at radius 1 is 0.612 bits per heavy atom. The number of hydrogen-bond donors (Lipinski definition) is 0. The van der Waals surface area contributed by atoms with E-state index in [2.05, 4.69) is 70.9 Å². The third kappa shape index (κ3) is 13.0. The first-order valence-electron chi connectivity index (χ1n) is 17.7. The van der Waals surface area contributed by atoms with Gasteiger partial charge in [-0.25, -0.2) is 9.97 Å². The highest BCUT2D eigenvalue weighted by Gasteiger charge is 2.15. The summed E-state index contributed by atoms with van der Waals surface area (Å²) in [5, 5.41) is 0. The Hall–Kier alpha value is -4.80. The van der Waals surface area contributed by atoms with Crippen LogP contribution in [0.3, 0.4) is 0 Å². The van der Waals surface area contributed by atoms with E-state index in [1.54, 1.807) is 0 Å². The number of allylic oxidation sites excluding steroid dienone is 2. The first-order valence-corrected chi connectivity index (χ1v) is 17.7. The molecule has 2 aromatic carbocycles. The van der Waals surface area contributed by atoms with Gasteiger partial charge in [0.05, 0.1) is 11.4 Å². The van der Waals surface area contributed by atoms with Gasteiger partial charge in [-0.2, -0.15) is 0 Å². The maximum atomic E-state index is 5.90. The van der Waals surface area contributed by atoms with Crippen LogP contribution in [-0.2, 0) is 0 Å². The van der Waals surface area contributed by atoms with E-state index in [1.165, 1.54) is 37.7 Å². The molecule has 0 fully saturated rings. The van der Waals surface area contributed by atoms with E-state index in [0.29, 0.717) is 11.8 Å². The molecule has 0 radical (unpaired) electrons. The van der Waals surface area contributed by atoms with Crippen molar-refractivity contribution in [2.75, 3.05) is 0 Å². The van der Waals surface area contributed by atoms with Gasteiger partial charge in [-0.15, -0.1) is 0 Å². The summed E-state index contributed by atoms with van der Waals surface area (Å²) in [6, 6.07) is 28.1. The molecule has 49 heavy (non-hydrogen) atoms. The van der Waals surface area contributed by atoms with Crippen molar-refractivity contribution in [1.29, 1.82) is 0 Å². The molecule has 4 heteroatoms. The standard InChI is InChI=1S/C23H25NO.C22H27NO/c1-23(2,3)25-22-15-9-14-21(24-22)20-13-8-7-12-19(20)17-16-18-10-5-4-6-11-18;1-5-6-7-8-9-13-18-14-10-11-15-19(18)20-16-12-17-21(23-20)24-22(2,3)4/h7-10,12-15H,4-6,11H2,1-3H3;10-12,14-17H,5-8H2,1-4H3. The van der Waals surface area contributed by atoms with Crippen molar-refractivity contribution in [2.45, 2.75) is 111 Å². The molecule has 0 aliphatic heterocycles. The lowest BCUT2D eigenvalue weighted by atomic mass is 9.99. The number of nitrogens with zero attached hydrogens (tertiary/aromatic N) is 2. The quantitative estimate of drug-likeness (QED) is 0.147. The summed E-state index contributed by atoms with van der Waals surface area (Å²) in [6.07, 6.45) is 11.6. The Kier molecular flexibility index (Phi) is 13.7. The lowest BCUT2D eigenvalue weighted by molar-refractivity contribution is 0.124. The average molecular weight is 653 g/mol. The fourth-order valence-electron chi connectivity index (χ4n) is 5.22. The van der Waals surface area contributed by atoms with Crippen LogP contribution in [-0.4, -0.2) is 21.2 Å². The lowest BCUT2D eigenvalue weighted by Gasteiger charge is -2.20. The molecule has 4 aromatic rings. The first-order chi connectivity index (χ1) is 23.5. The van der Waals surface area contributed by atoms with Crippen molar-refractivity contribution in [3.63, 3.8) is 0 Å². The smallest absolute Gasteiger partial charge is 0.214 e. The van der Waals surface area contributed by atoms with Crippen LogP contribution in [0, 0.1) is 23.7 Å². The topological polar surface area (TPSA) is 44.2 Å². The molecule has 0 atom stereocenters. The number of hydrogen-bond acceptors (Lipinski definition) is 4. The Morgan fingerprint density at radius 3 is 1.67 bits per heavy atom. The van der Waals surface area contributed by atoms with E-state index >= 15 is 0 Å². The Morgan fingerprint density at radius 2 is 1.16 bits per heavy atom. The Labute approximate surface area is 295 Å². The van der Waals surface area contributed by atoms with Crippen LogP contribution in [0.15, 0.2) is 96.6 Å². The summed E-state index contributed by atoms with van der Waals surface area (Å²) in [5.74, 6) is 14.6. The molecule has 0 bridgehead atoms. The fraction of sp³-hybridized carbons (Fsp3) is 0.378. The molecule has 0 saturated heterocycles. The van der Waals surface area contributed by atoms with Gasteiger partial charge in [-0.1, -0.05) is 98.1 Å². The van der Waals surface area contributed by atoms with Crippen LogP contribution in [0.1, 0.15) is 111 Å². The highest BCUT2D eigenvalue weighted by atomic mass is 16.5. The van der Waals surface area contributed by atoms with Crippen LogP contribution < -0.4 is 9.47 Å². The van der Waals surface area contributed by atoms with Crippen LogP contribution >= 0.6 is 0 Å². The predicted octanol–water partition coefficient (Wildman–Crippen LogP) is 11.6. The minimum absolute atomic E-state index is 0.260. The van der Waals surface area contributed by atoms with Crippen molar-refractivity contribution >= 4 is 0 Å². The van der Waals surface area contributed by atoms with E-state index in [9.17, 15) is 0 Å². The summed E-state index contributed by atoms with van der Waals surface area (Å²) >= 11 is 0. The second-order valence-corrected chi connectivity index (χ2v) is 14.2. The number of benzene rings is 2. The van der Waals surface area contributed by atoms with Gasteiger partial charge in [-0.05, 0) is 103 Å². The number of unbranched alkanes of at least 4 members (excludes halogenated alkanes) is 3. The van der Waals surface area contributed by atoms with E-state index in [1.807, 2.05) is 102 Å². The predicted molar refractivity (Wildman–Crippen MR) is 205 cm³/mol. The highest BCUT2D eigenvalue weighted by molar-refractivity contribution is 5.69. The third-order valence-electron chi connectivity index (χ3n) is 7.45. The zero-order valence-electron chi connectivity index (χ0n) is 30.5. The maximum absolute atomic E-state index is 5.90. The summed E-state index contributed by atoms with van der Waals surface area (Å²) in [5.41, 5.74) is 6.66. The fourth-order valence-corrected chi connectivity index (χ4v) is 5.22. The van der Waals surface area contributed by atoms with E-state index < -0.39 is 0 Å². The van der Waals surface area contributed by atoms with E-state index in [4.69, 9.17) is 9.47 Å². The average Bonchev–Trinajstić information content (AvgIpc) is 3.07. The van der Waals surface area contributed by atoms with Crippen molar-refractivity contribution in [1.82, 2.24) is 9.97 Å². The van der Waals surface area contributed by atoms with Crippen molar-refractivity contribution in [3.8, 4) is 58.0 Å². The molecule has 4 nitrogen and oxygen atoms in total. The third-order valence-corrected chi connectivity index (χ3v) is 7.45. The molecule has 0 amide bonds. The van der Waals surface area contributed by atoms with E-state index in [-0.39, 0.29) is 11.2 Å². The number of ether oxygens (including phenoxy) is 2. The molecule has 0 saturated carbocycles. The van der Waals surface area contributed by atoms with Crippen molar-refractivity contribution < 1.29 is 9.47 Å². The SMILES string of the molecule is CC(C)(C)Oc1cccc(-c2ccccc2C#CC2=CCCCC2)n1.CCCCCC#Cc1ccccc1-c1cccc(OC(C)(C)C)n1. The summed E-state index contributed by atoms with van der Waals surface area (Å²) in [4.78, 5) is 9.34. The monoisotopic (exact) mass is 652 g/mol. The second-order valence-electron chi connectivity index (χ2n) is 14.2. The largest absolute Gasteiger partial charge is 0.472 e. The van der Waals surface area contributed by atoms with Gasteiger partial charge in [0.15, 0.2) is 0 Å². The van der Waals surface area contributed by atoms with Gasteiger partial charge in [0.25, 0.3) is 0 Å². The van der Waals surface area contributed by atoms with Gasteiger partial charge < -0.3 is 9.47 Å². The summed E-state index contributed by atoms with van der Waals surface area (Å²) < 4.78 is 11.8. The minimum atomic E-state index is -0.265. The molecule has 5 rings (SSSR count). The molecule has 2 aromatic heterocycles. The molecule has 0 spiro atoms. The van der Waals surface area contributed by atoms with Crippen LogP contribution in [0.25, 0.3) is 22.5 Å². The molecule has 0 N–H and O–H groups in total. The molecule has 2 heterocycles. The van der Waals surface area contributed by atoms with Gasteiger partial charge in [0.1, 0.15) is 11.2 Å². The maximum Gasteiger partial charge on any atom is 0.214 e. The second kappa shape index (κ2) is 18.1. The minimum Gasteiger partial charge on any atom is -0.472 e. The van der Waals surface area contributed by atoms with Gasteiger partial charge in [-0.3, -0.25) is 0 Å². The highest BCUT2D eigenvalue weighted by Crippen LogP contribution is 2.27. The molecule has 1 aliphatic carbocycles. The Balaban J connectivity index is 0.000000221. The van der Waals surface area contributed by atoms with Crippen LogP contribution in [0.5, 0.6) is 11.8 Å². The van der Waals surface area contributed by atoms with Crippen LogP contribution in [0.4, 0.5) is 0 Å². The number of pyridine rings is 2. The lowest BCUT2D eigenvalue weighted by Crippen LogP contribution is -2.23. The molecule has 254 valence electrons.